The minimum atomic E-state index is -0.671. The van der Waals surface area contributed by atoms with Gasteiger partial charge in [0.25, 0.3) is 0 Å². The summed E-state index contributed by atoms with van der Waals surface area (Å²) < 4.78 is 0. The second-order valence-corrected chi connectivity index (χ2v) is 4.68. The Labute approximate surface area is 83.1 Å². The fraction of sp³-hybridized carbons (Fsp3) is 0.700. The third kappa shape index (κ3) is 3.73. The largest absolute Gasteiger partial charge is 0.481 e. The Morgan fingerprint density at radius 2 is 2.31 bits per heavy atom. The van der Waals surface area contributed by atoms with Crippen LogP contribution >= 0.6 is 11.8 Å². The quantitative estimate of drug-likeness (QED) is 0.524. The summed E-state index contributed by atoms with van der Waals surface area (Å²) in [4.78, 5) is 10.5. The van der Waals surface area contributed by atoms with Crippen molar-refractivity contribution >= 4 is 17.7 Å². The van der Waals surface area contributed by atoms with Crippen LogP contribution in [0, 0.1) is 17.8 Å². The molecule has 1 saturated carbocycles. The summed E-state index contributed by atoms with van der Waals surface area (Å²) >= 11 is 1.78. The number of carbonyl (C=O) groups is 1. The number of thioether (sulfide) groups is 1. The SMILES string of the molecule is C#CCCSCC1(CC(=O)O)CC1. The van der Waals surface area contributed by atoms with Gasteiger partial charge >= 0.3 is 5.97 Å². The van der Waals surface area contributed by atoms with Crippen LogP contribution in [-0.4, -0.2) is 22.6 Å². The van der Waals surface area contributed by atoms with E-state index in [1.807, 2.05) is 0 Å². The van der Waals surface area contributed by atoms with Crippen molar-refractivity contribution in [1.82, 2.24) is 0 Å². The van der Waals surface area contributed by atoms with Gasteiger partial charge in [0, 0.05) is 12.2 Å². The van der Waals surface area contributed by atoms with Crippen LogP contribution in [0.5, 0.6) is 0 Å². The van der Waals surface area contributed by atoms with Crippen molar-refractivity contribution in [3.63, 3.8) is 0 Å². The second-order valence-electron chi connectivity index (χ2n) is 3.58. The zero-order valence-corrected chi connectivity index (χ0v) is 8.40. The molecule has 72 valence electrons. The summed E-state index contributed by atoms with van der Waals surface area (Å²) in [5.74, 6) is 3.82. The third-order valence-corrected chi connectivity index (χ3v) is 3.59. The highest BCUT2D eigenvalue weighted by molar-refractivity contribution is 7.99. The first-order chi connectivity index (χ1) is 6.18. The zero-order valence-electron chi connectivity index (χ0n) is 7.58. The lowest BCUT2D eigenvalue weighted by Gasteiger charge is -2.10. The molecule has 0 amide bonds. The number of terminal acetylenes is 1. The fourth-order valence-electron chi connectivity index (χ4n) is 1.29. The number of hydrogen-bond donors (Lipinski definition) is 1. The molecule has 0 bridgehead atoms. The summed E-state index contributed by atoms with van der Waals surface area (Å²) in [5.41, 5.74) is 0.116. The van der Waals surface area contributed by atoms with Crippen molar-refractivity contribution in [2.24, 2.45) is 5.41 Å². The molecule has 1 N–H and O–H groups in total. The van der Waals surface area contributed by atoms with Crippen LogP contribution in [0.15, 0.2) is 0 Å². The van der Waals surface area contributed by atoms with E-state index in [-0.39, 0.29) is 5.41 Å². The van der Waals surface area contributed by atoms with Gasteiger partial charge in [-0.3, -0.25) is 4.79 Å². The van der Waals surface area contributed by atoms with Gasteiger partial charge in [0.1, 0.15) is 0 Å². The Balaban J connectivity index is 2.13. The molecular formula is C10H14O2S. The van der Waals surface area contributed by atoms with E-state index in [9.17, 15) is 4.79 Å². The van der Waals surface area contributed by atoms with Gasteiger partial charge in [-0.1, -0.05) is 0 Å². The number of rotatable bonds is 6. The molecule has 0 saturated heterocycles. The van der Waals surface area contributed by atoms with E-state index in [1.54, 1.807) is 11.8 Å². The first-order valence-corrected chi connectivity index (χ1v) is 5.57. The maximum atomic E-state index is 10.5. The van der Waals surface area contributed by atoms with Gasteiger partial charge in [-0.2, -0.15) is 11.8 Å². The van der Waals surface area contributed by atoms with Crippen molar-refractivity contribution in [2.45, 2.75) is 25.7 Å². The molecule has 0 unspecified atom stereocenters. The Morgan fingerprint density at radius 1 is 1.62 bits per heavy atom. The lowest BCUT2D eigenvalue weighted by atomic mass is 10.1. The predicted octanol–water partition coefficient (Wildman–Crippen LogP) is 2.00. The Bertz CT molecular complexity index is 226. The summed E-state index contributed by atoms with van der Waals surface area (Å²) in [6.07, 6.45) is 8.38. The molecule has 0 heterocycles. The molecular weight excluding hydrogens is 184 g/mol. The first-order valence-electron chi connectivity index (χ1n) is 4.42. The minimum Gasteiger partial charge on any atom is -0.481 e. The van der Waals surface area contributed by atoms with E-state index in [0.717, 1.165) is 30.8 Å². The predicted molar refractivity (Wildman–Crippen MR) is 54.7 cm³/mol. The standard InChI is InChI=1S/C10H14O2S/c1-2-3-6-13-8-10(4-5-10)7-9(11)12/h1H,3-8H2,(H,11,12). The van der Waals surface area contributed by atoms with Gasteiger partial charge in [-0.15, -0.1) is 12.3 Å². The molecule has 0 atom stereocenters. The normalized spacial score (nSPS) is 17.8. The van der Waals surface area contributed by atoms with Crippen LogP contribution < -0.4 is 0 Å². The molecule has 1 aliphatic carbocycles. The van der Waals surface area contributed by atoms with Crippen LogP contribution in [-0.2, 0) is 4.79 Å². The Morgan fingerprint density at radius 3 is 2.77 bits per heavy atom. The van der Waals surface area contributed by atoms with Gasteiger partial charge in [-0.05, 0) is 24.0 Å². The molecule has 1 aliphatic rings. The summed E-state index contributed by atoms with van der Waals surface area (Å²) in [6, 6.07) is 0. The van der Waals surface area contributed by atoms with Crippen molar-refractivity contribution in [1.29, 1.82) is 0 Å². The number of carboxylic acid groups (broad SMARTS) is 1. The average molecular weight is 198 g/mol. The highest BCUT2D eigenvalue weighted by atomic mass is 32.2. The molecule has 1 rings (SSSR count). The Kier molecular flexibility index (Phi) is 3.68. The molecule has 13 heavy (non-hydrogen) atoms. The second kappa shape index (κ2) is 4.57. The molecule has 2 nitrogen and oxygen atoms in total. The lowest BCUT2D eigenvalue weighted by molar-refractivity contribution is -0.138. The lowest BCUT2D eigenvalue weighted by Crippen LogP contribution is -2.11. The zero-order chi connectivity index (χ0) is 9.73. The maximum absolute atomic E-state index is 10.5. The molecule has 0 radical (unpaired) electrons. The molecule has 0 spiro atoms. The van der Waals surface area contributed by atoms with Gasteiger partial charge in [0.05, 0.1) is 6.42 Å². The van der Waals surface area contributed by atoms with E-state index in [1.165, 1.54) is 0 Å². The molecule has 0 aromatic rings. The van der Waals surface area contributed by atoms with E-state index < -0.39 is 5.97 Å². The molecule has 1 fully saturated rings. The fourth-order valence-corrected chi connectivity index (χ4v) is 2.52. The van der Waals surface area contributed by atoms with Gasteiger partial charge in [0.2, 0.25) is 0 Å². The summed E-state index contributed by atoms with van der Waals surface area (Å²) in [7, 11) is 0. The average Bonchev–Trinajstić information content (AvgIpc) is 2.78. The highest BCUT2D eigenvalue weighted by Gasteiger charge is 2.43. The van der Waals surface area contributed by atoms with Crippen LogP contribution in [0.4, 0.5) is 0 Å². The van der Waals surface area contributed by atoms with Crippen LogP contribution in [0.25, 0.3) is 0 Å². The van der Waals surface area contributed by atoms with E-state index in [4.69, 9.17) is 11.5 Å². The van der Waals surface area contributed by atoms with E-state index in [0.29, 0.717) is 6.42 Å². The van der Waals surface area contributed by atoms with Crippen molar-refractivity contribution < 1.29 is 9.90 Å². The number of hydrogen-bond acceptors (Lipinski definition) is 2. The van der Waals surface area contributed by atoms with Crippen LogP contribution in [0.1, 0.15) is 25.7 Å². The highest BCUT2D eigenvalue weighted by Crippen LogP contribution is 2.50. The van der Waals surface area contributed by atoms with Crippen molar-refractivity contribution in [3.05, 3.63) is 0 Å². The Hall–Kier alpha value is -0.620. The number of aliphatic carboxylic acids is 1. The van der Waals surface area contributed by atoms with E-state index in [2.05, 4.69) is 5.92 Å². The van der Waals surface area contributed by atoms with Crippen LogP contribution in [0.3, 0.4) is 0 Å². The summed E-state index contributed by atoms with van der Waals surface area (Å²) in [6.45, 7) is 0. The molecule has 3 heteroatoms. The topological polar surface area (TPSA) is 37.3 Å². The first kappa shape index (κ1) is 10.5. The van der Waals surface area contributed by atoms with Crippen molar-refractivity contribution in [2.75, 3.05) is 11.5 Å². The number of carboxylic acids is 1. The van der Waals surface area contributed by atoms with E-state index >= 15 is 0 Å². The van der Waals surface area contributed by atoms with Crippen LogP contribution in [0.2, 0.25) is 0 Å². The van der Waals surface area contributed by atoms with Gasteiger partial charge in [0.15, 0.2) is 0 Å². The molecule has 0 aromatic carbocycles. The molecule has 0 aromatic heterocycles. The van der Waals surface area contributed by atoms with Gasteiger partial charge in [-0.25, -0.2) is 0 Å². The maximum Gasteiger partial charge on any atom is 0.303 e. The van der Waals surface area contributed by atoms with Crippen molar-refractivity contribution in [3.8, 4) is 12.3 Å². The minimum absolute atomic E-state index is 0.116. The summed E-state index contributed by atoms with van der Waals surface area (Å²) in [5, 5.41) is 8.65. The third-order valence-electron chi connectivity index (χ3n) is 2.28. The smallest absolute Gasteiger partial charge is 0.303 e. The molecule has 0 aliphatic heterocycles. The van der Waals surface area contributed by atoms with Gasteiger partial charge < -0.3 is 5.11 Å². The monoisotopic (exact) mass is 198 g/mol.